The van der Waals surface area contributed by atoms with E-state index in [1.807, 2.05) is 0 Å². The van der Waals surface area contributed by atoms with Crippen LogP contribution >= 0.6 is 0 Å². The van der Waals surface area contributed by atoms with Crippen LogP contribution in [0, 0.1) is 17.3 Å². The van der Waals surface area contributed by atoms with Gasteiger partial charge in [0.1, 0.15) is 0 Å². The molecule has 0 amide bonds. The first-order valence-electron chi connectivity index (χ1n) is 7.09. The lowest BCUT2D eigenvalue weighted by Gasteiger charge is -2.32. The van der Waals surface area contributed by atoms with Crippen LogP contribution in [0.5, 0.6) is 0 Å². The lowest BCUT2D eigenvalue weighted by molar-refractivity contribution is 0.107. The van der Waals surface area contributed by atoms with Gasteiger partial charge in [-0.25, -0.2) is 0 Å². The molecule has 0 unspecified atom stereocenters. The average Bonchev–Trinajstić information content (AvgIpc) is 3.18. The van der Waals surface area contributed by atoms with E-state index < -0.39 is 0 Å². The van der Waals surface area contributed by atoms with Crippen molar-refractivity contribution >= 4 is 0 Å². The standard InChI is InChI=1S/C14H27NO/c1-3-14(4-2,10-16)9-15-13(11-5-6-11)12-7-8-12/h11-13,15-16H,3-10H2,1-2H3. The molecule has 2 N–H and O–H groups in total. The molecule has 0 aromatic heterocycles. The SMILES string of the molecule is CCC(CC)(CO)CNC(C1CC1)C1CC1. The Hall–Kier alpha value is -0.0800. The minimum Gasteiger partial charge on any atom is -0.396 e. The fraction of sp³-hybridized carbons (Fsp3) is 1.00. The summed E-state index contributed by atoms with van der Waals surface area (Å²) in [7, 11) is 0. The number of aliphatic hydroxyl groups excluding tert-OH is 1. The van der Waals surface area contributed by atoms with Crippen LogP contribution in [0.3, 0.4) is 0 Å². The molecule has 2 fully saturated rings. The van der Waals surface area contributed by atoms with Gasteiger partial charge in [0.25, 0.3) is 0 Å². The highest BCUT2D eigenvalue weighted by atomic mass is 16.3. The molecule has 0 spiro atoms. The summed E-state index contributed by atoms with van der Waals surface area (Å²) in [5.74, 6) is 1.91. The molecular weight excluding hydrogens is 198 g/mol. The summed E-state index contributed by atoms with van der Waals surface area (Å²) in [6.07, 6.45) is 7.87. The van der Waals surface area contributed by atoms with E-state index in [2.05, 4.69) is 19.2 Å². The molecule has 2 aliphatic rings. The van der Waals surface area contributed by atoms with Gasteiger partial charge in [-0.15, -0.1) is 0 Å². The Morgan fingerprint density at radius 1 is 1.12 bits per heavy atom. The molecule has 2 saturated carbocycles. The highest BCUT2D eigenvalue weighted by Gasteiger charge is 2.42. The van der Waals surface area contributed by atoms with Crippen LogP contribution in [0.2, 0.25) is 0 Å². The van der Waals surface area contributed by atoms with Gasteiger partial charge in [-0.3, -0.25) is 0 Å². The van der Waals surface area contributed by atoms with Gasteiger partial charge in [0.05, 0.1) is 0 Å². The van der Waals surface area contributed by atoms with Crippen LogP contribution < -0.4 is 5.32 Å². The molecular formula is C14H27NO. The average molecular weight is 225 g/mol. The molecule has 0 atom stereocenters. The second-order valence-electron chi connectivity index (χ2n) is 5.95. The number of hydrogen-bond donors (Lipinski definition) is 2. The van der Waals surface area contributed by atoms with E-state index >= 15 is 0 Å². The zero-order valence-electron chi connectivity index (χ0n) is 10.8. The van der Waals surface area contributed by atoms with Crippen molar-refractivity contribution in [2.45, 2.75) is 58.4 Å². The van der Waals surface area contributed by atoms with Crippen LogP contribution in [0.1, 0.15) is 52.4 Å². The van der Waals surface area contributed by atoms with Crippen molar-refractivity contribution in [3.05, 3.63) is 0 Å². The van der Waals surface area contributed by atoms with Crippen molar-refractivity contribution in [2.75, 3.05) is 13.2 Å². The summed E-state index contributed by atoms with van der Waals surface area (Å²) >= 11 is 0. The molecule has 2 nitrogen and oxygen atoms in total. The van der Waals surface area contributed by atoms with Gasteiger partial charge >= 0.3 is 0 Å². The van der Waals surface area contributed by atoms with Crippen molar-refractivity contribution in [3.8, 4) is 0 Å². The summed E-state index contributed by atoms with van der Waals surface area (Å²) < 4.78 is 0. The zero-order chi connectivity index (χ0) is 11.6. The lowest BCUT2D eigenvalue weighted by atomic mass is 9.83. The largest absolute Gasteiger partial charge is 0.396 e. The third kappa shape index (κ3) is 2.78. The van der Waals surface area contributed by atoms with Gasteiger partial charge in [-0.2, -0.15) is 0 Å². The Bertz CT molecular complexity index is 197. The first-order chi connectivity index (χ1) is 7.74. The monoisotopic (exact) mass is 225 g/mol. The van der Waals surface area contributed by atoms with Crippen molar-refractivity contribution in [3.63, 3.8) is 0 Å². The lowest BCUT2D eigenvalue weighted by Crippen LogP contribution is -2.43. The molecule has 2 rings (SSSR count). The van der Waals surface area contributed by atoms with Gasteiger partial charge in [0.15, 0.2) is 0 Å². The van der Waals surface area contributed by atoms with Crippen LogP contribution in [0.15, 0.2) is 0 Å². The molecule has 0 saturated heterocycles. The number of nitrogens with one attached hydrogen (secondary N) is 1. The normalized spacial score (nSPS) is 21.8. The molecule has 0 bridgehead atoms. The van der Waals surface area contributed by atoms with Crippen LogP contribution in [0.4, 0.5) is 0 Å². The maximum absolute atomic E-state index is 9.56. The molecule has 0 aromatic rings. The summed E-state index contributed by atoms with van der Waals surface area (Å²) in [5, 5.41) is 13.3. The minimum absolute atomic E-state index is 0.127. The smallest absolute Gasteiger partial charge is 0.0499 e. The molecule has 0 radical (unpaired) electrons. The fourth-order valence-corrected chi connectivity index (χ4v) is 2.74. The first kappa shape index (κ1) is 12.4. The van der Waals surface area contributed by atoms with Gasteiger partial charge < -0.3 is 10.4 Å². The second kappa shape index (κ2) is 5.05. The molecule has 2 aliphatic carbocycles. The Labute approximate surface area is 99.8 Å². The zero-order valence-corrected chi connectivity index (χ0v) is 10.8. The van der Waals surface area contributed by atoms with Gasteiger partial charge in [-0.05, 0) is 50.4 Å². The highest BCUT2D eigenvalue weighted by Crippen LogP contribution is 2.44. The van der Waals surface area contributed by atoms with Gasteiger partial charge in [-0.1, -0.05) is 13.8 Å². The minimum atomic E-state index is 0.127. The molecule has 0 heterocycles. The quantitative estimate of drug-likeness (QED) is 0.665. The first-order valence-corrected chi connectivity index (χ1v) is 7.09. The van der Waals surface area contributed by atoms with E-state index in [0.717, 1.165) is 37.3 Å². The molecule has 0 aromatic carbocycles. The number of aliphatic hydroxyl groups is 1. The predicted molar refractivity (Wildman–Crippen MR) is 67.3 cm³/mol. The molecule has 2 heteroatoms. The van der Waals surface area contributed by atoms with Gasteiger partial charge in [0, 0.05) is 24.6 Å². The fourth-order valence-electron chi connectivity index (χ4n) is 2.74. The van der Waals surface area contributed by atoms with Crippen LogP contribution in [-0.4, -0.2) is 24.3 Å². The Balaban J connectivity index is 1.83. The molecule has 0 aliphatic heterocycles. The Morgan fingerprint density at radius 3 is 1.94 bits per heavy atom. The summed E-state index contributed by atoms with van der Waals surface area (Å²) in [6.45, 7) is 5.73. The van der Waals surface area contributed by atoms with Crippen molar-refractivity contribution in [1.82, 2.24) is 5.32 Å². The van der Waals surface area contributed by atoms with E-state index in [1.54, 1.807) is 0 Å². The van der Waals surface area contributed by atoms with Crippen molar-refractivity contribution < 1.29 is 5.11 Å². The van der Waals surface area contributed by atoms with Crippen LogP contribution in [-0.2, 0) is 0 Å². The predicted octanol–water partition coefficient (Wildman–Crippen LogP) is 2.56. The Morgan fingerprint density at radius 2 is 1.62 bits per heavy atom. The third-order valence-corrected chi connectivity index (χ3v) is 4.81. The highest BCUT2D eigenvalue weighted by molar-refractivity contribution is 4.97. The maximum Gasteiger partial charge on any atom is 0.0499 e. The van der Waals surface area contributed by atoms with Crippen LogP contribution in [0.25, 0.3) is 0 Å². The molecule has 94 valence electrons. The van der Waals surface area contributed by atoms with Gasteiger partial charge in [0.2, 0.25) is 0 Å². The van der Waals surface area contributed by atoms with E-state index in [4.69, 9.17) is 0 Å². The molecule has 16 heavy (non-hydrogen) atoms. The summed E-state index contributed by atoms with van der Waals surface area (Å²) in [6, 6.07) is 0.768. The maximum atomic E-state index is 9.56. The van der Waals surface area contributed by atoms with Crippen molar-refractivity contribution in [1.29, 1.82) is 0 Å². The van der Waals surface area contributed by atoms with E-state index in [1.165, 1.54) is 25.7 Å². The number of rotatable bonds is 8. The van der Waals surface area contributed by atoms with E-state index in [0.29, 0.717) is 6.61 Å². The second-order valence-corrected chi connectivity index (χ2v) is 5.95. The van der Waals surface area contributed by atoms with E-state index in [9.17, 15) is 5.11 Å². The van der Waals surface area contributed by atoms with E-state index in [-0.39, 0.29) is 5.41 Å². The third-order valence-electron chi connectivity index (χ3n) is 4.81. The summed E-state index contributed by atoms with van der Waals surface area (Å²) in [5.41, 5.74) is 0.127. The summed E-state index contributed by atoms with van der Waals surface area (Å²) in [4.78, 5) is 0. The Kier molecular flexibility index (Phi) is 3.91. The topological polar surface area (TPSA) is 32.3 Å². The van der Waals surface area contributed by atoms with Crippen molar-refractivity contribution in [2.24, 2.45) is 17.3 Å². The number of hydrogen-bond acceptors (Lipinski definition) is 2.